The summed E-state index contributed by atoms with van der Waals surface area (Å²) in [5, 5.41) is 4.41. The van der Waals surface area contributed by atoms with Gasteiger partial charge in [-0.1, -0.05) is 30.3 Å². The van der Waals surface area contributed by atoms with Gasteiger partial charge in [0.25, 0.3) is 5.91 Å². The molecule has 0 radical (unpaired) electrons. The zero-order chi connectivity index (χ0) is 25.6. The summed E-state index contributed by atoms with van der Waals surface area (Å²) < 4.78 is 5.97. The van der Waals surface area contributed by atoms with Crippen molar-refractivity contribution in [2.24, 2.45) is 0 Å². The maximum absolute atomic E-state index is 13.3. The summed E-state index contributed by atoms with van der Waals surface area (Å²) in [4.78, 5) is 25.7. The van der Waals surface area contributed by atoms with Gasteiger partial charge in [-0.2, -0.15) is 0 Å². The van der Waals surface area contributed by atoms with Gasteiger partial charge >= 0.3 is 0 Å². The number of benzene rings is 2. The number of H-pyrrole nitrogens is 1. The molecule has 0 aliphatic carbocycles. The van der Waals surface area contributed by atoms with Crippen LogP contribution in [0.1, 0.15) is 42.7 Å². The second-order valence-electron chi connectivity index (χ2n) is 9.42. The van der Waals surface area contributed by atoms with E-state index in [1.54, 1.807) is 0 Å². The first-order valence-electron chi connectivity index (χ1n) is 13.2. The number of rotatable bonds is 9. The monoisotopic (exact) mass is 497 g/mol. The Labute approximate surface area is 218 Å². The summed E-state index contributed by atoms with van der Waals surface area (Å²) in [6, 6.07) is 22.4. The van der Waals surface area contributed by atoms with Crippen LogP contribution in [0.15, 0.2) is 72.9 Å². The van der Waals surface area contributed by atoms with Crippen LogP contribution in [0, 0.1) is 0 Å². The number of piperidine rings is 1. The summed E-state index contributed by atoms with van der Waals surface area (Å²) in [5.41, 5.74) is 3.75. The second kappa shape index (κ2) is 11.4. The topological polar surface area (TPSA) is 73.5 Å². The zero-order valence-electron chi connectivity index (χ0n) is 21.6. The fourth-order valence-electron chi connectivity index (χ4n) is 5.14. The number of carbonyl (C=O) groups is 1. The quantitative estimate of drug-likeness (QED) is 0.310. The third kappa shape index (κ3) is 5.56. The Kier molecular flexibility index (Phi) is 7.59. The number of fused-ring (bicyclic) bond motifs is 1. The molecule has 0 atom stereocenters. The van der Waals surface area contributed by atoms with Crippen LogP contribution in [-0.4, -0.2) is 53.0 Å². The lowest BCUT2D eigenvalue weighted by molar-refractivity contribution is 0.0707. The molecular weight excluding hydrogens is 462 g/mol. The van der Waals surface area contributed by atoms with E-state index in [9.17, 15) is 4.79 Å². The van der Waals surface area contributed by atoms with Gasteiger partial charge < -0.3 is 24.8 Å². The van der Waals surface area contributed by atoms with Gasteiger partial charge in [0, 0.05) is 49.3 Å². The van der Waals surface area contributed by atoms with E-state index in [2.05, 4.69) is 40.1 Å². The van der Waals surface area contributed by atoms with E-state index in [-0.39, 0.29) is 5.91 Å². The van der Waals surface area contributed by atoms with Crippen LogP contribution in [0.3, 0.4) is 0 Å². The first kappa shape index (κ1) is 24.7. The highest BCUT2D eigenvalue weighted by atomic mass is 16.5. The minimum Gasteiger partial charge on any atom is -0.489 e. The Morgan fingerprint density at radius 1 is 1.08 bits per heavy atom. The summed E-state index contributed by atoms with van der Waals surface area (Å²) in [7, 11) is 0. The molecule has 0 saturated carbocycles. The number of likely N-dealkylation sites (tertiary alicyclic amines) is 1. The van der Waals surface area contributed by atoms with Crippen LogP contribution in [0.4, 0.5) is 11.5 Å². The van der Waals surface area contributed by atoms with Gasteiger partial charge in [-0.05, 0) is 68.7 Å². The van der Waals surface area contributed by atoms with Gasteiger partial charge in [0.15, 0.2) is 5.82 Å². The highest BCUT2D eigenvalue weighted by Crippen LogP contribution is 2.29. The van der Waals surface area contributed by atoms with Crippen LogP contribution >= 0.6 is 0 Å². The number of hydrogen-bond donors (Lipinski definition) is 2. The molecule has 3 heterocycles. The Morgan fingerprint density at radius 2 is 1.89 bits per heavy atom. The Hall–Kier alpha value is -4.00. The molecule has 4 aromatic rings. The first-order chi connectivity index (χ1) is 18.2. The predicted octanol–water partition coefficient (Wildman–Crippen LogP) is 5.70. The van der Waals surface area contributed by atoms with Gasteiger partial charge in [0.2, 0.25) is 0 Å². The van der Waals surface area contributed by atoms with Gasteiger partial charge in [-0.25, -0.2) is 4.98 Å². The summed E-state index contributed by atoms with van der Waals surface area (Å²) in [6.07, 6.45) is 3.68. The van der Waals surface area contributed by atoms with E-state index in [0.29, 0.717) is 18.3 Å². The van der Waals surface area contributed by atoms with Gasteiger partial charge in [0.05, 0.1) is 5.69 Å². The third-order valence-electron chi connectivity index (χ3n) is 7.03. The van der Waals surface area contributed by atoms with Gasteiger partial charge in [-0.3, -0.25) is 4.79 Å². The van der Waals surface area contributed by atoms with E-state index >= 15 is 0 Å². The average molecular weight is 498 g/mol. The number of hydrogen-bond acceptors (Lipinski definition) is 5. The molecule has 1 fully saturated rings. The second-order valence-corrected chi connectivity index (χ2v) is 9.42. The lowest BCUT2D eigenvalue weighted by Gasteiger charge is -2.39. The van der Waals surface area contributed by atoms with Crippen molar-refractivity contribution in [3.05, 3.63) is 84.2 Å². The minimum atomic E-state index is 0.0515. The third-order valence-corrected chi connectivity index (χ3v) is 7.03. The molecule has 1 amide bonds. The molecule has 5 rings (SSSR count). The van der Waals surface area contributed by atoms with Crippen molar-refractivity contribution in [1.29, 1.82) is 0 Å². The number of nitrogens with zero attached hydrogens (tertiary/aromatic N) is 3. The normalized spacial score (nSPS) is 14.1. The summed E-state index contributed by atoms with van der Waals surface area (Å²) >= 11 is 0. The Bertz CT molecular complexity index is 1330. The fourth-order valence-corrected chi connectivity index (χ4v) is 5.14. The van der Waals surface area contributed by atoms with Crippen LogP contribution in [0.25, 0.3) is 10.9 Å². The highest BCUT2D eigenvalue weighted by Gasteiger charge is 2.29. The van der Waals surface area contributed by atoms with E-state index in [1.165, 1.54) is 0 Å². The van der Waals surface area contributed by atoms with Gasteiger partial charge in [-0.15, -0.1) is 0 Å². The van der Waals surface area contributed by atoms with Crippen molar-refractivity contribution < 1.29 is 9.53 Å². The molecule has 7 nitrogen and oxygen atoms in total. The lowest BCUT2D eigenvalue weighted by Crippen LogP contribution is -2.47. The summed E-state index contributed by atoms with van der Waals surface area (Å²) in [5.74, 6) is 1.84. The maximum Gasteiger partial charge on any atom is 0.270 e. The SMILES string of the molecule is CCNc1cccnc1N(CC)C1CCN(C(=O)c2cc3cc(OCc4ccccc4)ccc3[nH]2)CC1. The highest BCUT2D eigenvalue weighted by molar-refractivity contribution is 5.98. The van der Waals surface area contributed by atoms with E-state index in [1.807, 2.05) is 71.8 Å². The lowest BCUT2D eigenvalue weighted by atomic mass is 10.0. The minimum absolute atomic E-state index is 0.0515. The van der Waals surface area contributed by atoms with Crippen molar-refractivity contribution in [2.75, 3.05) is 36.4 Å². The smallest absolute Gasteiger partial charge is 0.270 e. The van der Waals surface area contributed by atoms with Crippen molar-refractivity contribution >= 4 is 28.3 Å². The zero-order valence-corrected chi connectivity index (χ0v) is 21.6. The molecule has 2 aromatic carbocycles. The van der Waals surface area contributed by atoms with Crippen molar-refractivity contribution in [3.63, 3.8) is 0 Å². The number of aromatic nitrogens is 2. The van der Waals surface area contributed by atoms with Crippen molar-refractivity contribution in [1.82, 2.24) is 14.9 Å². The fraction of sp³-hybridized carbons (Fsp3) is 0.333. The van der Waals surface area contributed by atoms with Crippen molar-refractivity contribution in [3.8, 4) is 5.75 Å². The molecule has 37 heavy (non-hydrogen) atoms. The standard InChI is InChI=1S/C30H35N5O2/c1-3-31-27-11-8-16-32-29(27)35(4-2)24-14-17-34(18-15-24)30(36)28-20-23-19-25(12-13-26(23)33-28)37-21-22-9-6-5-7-10-22/h5-13,16,19-20,24,31,33H,3-4,14-15,17-18,21H2,1-2H3. The number of anilines is 2. The average Bonchev–Trinajstić information content (AvgIpc) is 3.37. The molecule has 0 spiro atoms. The van der Waals surface area contributed by atoms with Crippen LogP contribution in [0.5, 0.6) is 5.75 Å². The van der Waals surface area contributed by atoms with E-state index in [4.69, 9.17) is 4.74 Å². The molecule has 1 aliphatic rings. The first-order valence-corrected chi connectivity index (χ1v) is 13.2. The summed E-state index contributed by atoms with van der Waals surface area (Å²) in [6.45, 7) is 7.97. The molecular formula is C30H35N5O2. The molecule has 2 aromatic heterocycles. The maximum atomic E-state index is 13.3. The molecule has 0 unspecified atom stereocenters. The number of nitrogens with one attached hydrogen (secondary N) is 2. The number of aromatic amines is 1. The van der Waals surface area contributed by atoms with Crippen LogP contribution in [-0.2, 0) is 6.61 Å². The van der Waals surface area contributed by atoms with Crippen LogP contribution in [0.2, 0.25) is 0 Å². The Morgan fingerprint density at radius 3 is 2.65 bits per heavy atom. The Balaban J connectivity index is 1.22. The molecule has 0 bridgehead atoms. The van der Waals surface area contributed by atoms with Crippen molar-refractivity contribution in [2.45, 2.75) is 39.3 Å². The number of ether oxygens (including phenoxy) is 1. The molecule has 2 N–H and O–H groups in total. The predicted molar refractivity (Wildman–Crippen MR) is 149 cm³/mol. The number of carbonyl (C=O) groups excluding carboxylic acids is 1. The molecule has 7 heteroatoms. The van der Waals surface area contributed by atoms with Gasteiger partial charge in [0.1, 0.15) is 18.1 Å². The number of pyridine rings is 1. The molecule has 192 valence electrons. The molecule has 1 saturated heterocycles. The molecule has 1 aliphatic heterocycles. The van der Waals surface area contributed by atoms with E-state index < -0.39 is 0 Å². The van der Waals surface area contributed by atoms with Crippen LogP contribution < -0.4 is 15.0 Å². The van der Waals surface area contributed by atoms with E-state index in [0.717, 1.165) is 72.7 Å². The number of amides is 1. The largest absolute Gasteiger partial charge is 0.489 e.